The first kappa shape index (κ1) is 9.75. The van der Waals surface area contributed by atoms with Gasteiger partial charge in [-0.3, -0.25) is 4.68 Å². The summed E-state index contributed by atoms with van der Waals surface area (Å²) in [6.45, 7) is 10.0. The molecule has 0 aromatic carbocycles. The molecule has 0 fully saturated rings. The molecule has 14 heavy (non-hydrogen) atoms. The van der Waals surface area contributed by atoms with E-state index < -0.39 is 0 Å². The highest BCUT2D eigenvalue weighted by Gasteiger charge is 2.28. The minimum Gasteiger partial charge on any atom is -0.269 e. The third-order valence-electron chi connectivity index (χ3n) is 2.98. The smallest absolute Gasteiger partial charge is 0.0659 e. The molecule has 78 valence electrons. The molecular weight excluding hydrogens is 172 g/mol. The molecule has 0 bridgehead atoms. The summed E-state index contributed by atoms with van der Waals surface area (Å²) in [6.07, 6.45) is 3.72. The van der Waals surface area contributed by atoms with E-state index in [2.05, 4.69) is 32.4 Å². The van der Waals surface area contributed by atoms with Crippen LogP contribution in [0.4, 0.5) is 0 Å². The summed E-state index contributed by atoms with van der Waals surface area (Å²) in [5.41, 5.74) is 4.60. The molecule has 0 amide bonds. The lowest BCUT2D eigenvalue weighted by atomic mass is 9.88. The van der Waals surface area contributed by atoms with Gasteiger partial charge in [0.25, 0.3) is 0 Å². The second kappa shape index (κ2) is 3.11. The molecule has 1 aromatic rings. The van der Waals surface area contributed by atoms with E-state index in [1.54, 1.807) is 5.56 Å². The standard InChI is InChI=1S/C12H20N2/c1-5-14-11(12(2,3)4)9-7-6-8-10(9)13-14/h5-8H2,1-4H3. The number of rotatable bonds is 1. The zero-order valence-corrected chi connectivity index (χ0v) is 9.72. The van der Waals surface area contributed by atoms with Crippen molar-refractivity contribution in [2.24, 2.45) is 0 Å². The third-order valence-corrected chi connectivity index (χ3v) is 2.98. The molecule has 1 aromatic heterocycles. The molecule has 0 unspecified atom stereocenters. The fourth-order valence-electron chi connectivity index (χ4n) is 2.51. The Labute approximate surface area is 86.3 Å². The van der Waals surface area contributed by atoms with Crippen LogP contribution in [0.2, 0.25) is 0 Å². The monoisotopic (exact) mass is 192 g/mol. The number of aryl methyl sites for hydroxylation is 2. The van der Waals surface area contributed by atoms with E-state index in [9.17, 15) is 0 Å². The molecule has 2 rings (SSSR count). The van der Waals surface area contributed by atoms with Crippen molar-refractivity contribution in [1.29, 1.82) is 0 Å². The zero-order chi connectivity index (χ0) is 10.3. The van der Waals surface area contributed by atoms with Gasteiger partial charge in [-0.2, -0.15) is 5.10 Å². The van der Waals surface area contributed by atoms with Gasteiger partial charge >= 0.3 is 0 Å². The molecule has 0 N–H and O–H groups in total. The maximum atomic E-state index is 4.69. The largest absolute Gasteiger partial charge is 0.269 e. The van der Waals surface area contributed by atoms with Crippen LogP contribution in [0.1, 0.15) is 51.1 Å². The van der Waals surface area contributed by atoms with Gasteiger partial charge in [0.05, 0.1) is 5.69 Å². The minimum absolute atomic E-state index is 0.237. The summed E-state index contributed by atoms with van der Waals surface area (Å²) >= 11 is 0. The highest BCUT2D eigenvalue weighted by atomic mass is 15.3. The summed E-state index contributed by atoms with van der Waals surface area (Å²) in [7, 11) is 0. The maximum absolute atomic E-state index is 4.69. The quantitative estimate of drug-likeness (QED) is 0.669. The van der Waals surface area contributed by atoms with E-state index in [0.29, 0.717) is 0 Å². The Balaban J connectivity index is 2.55. The molecule has 0 atom stereocenters. The maximum Gasteiger partial charge on any atom is 0.0659 e. The van der Waals surface area contributed by atoms with Gasteiger partial charge in [-0.05, 0) is 31.7 Å². The van der Waals surface area contributed by atoms with Crippen molar-refractivity contribution in [3.05, 3.63) is 17.0 Å². The van der Waals surface area contributed by atoms with Gasteiger partial charge in [-0.15, -0.1) is 0 Å². The van der Waals surface area contributed by atoms with Gasteiger partial charge in [-0.1, -0.05) is 20.8 Å². The zero-order valence-electron chi connectivity index (χ0n) is 9.72. The number of hydrogen-bond donors (Lipinski definition) is 0. The van der Waals surface area contributed by atoms with Crippen molar-refractivity contribution in [3.63, 3.8) is 0 Å². The summed E-state index contributed by atoms with van der Waals surface area (Å²) < 4.78 is 2.20. The second-order valence-electron chi connectivity index (χ2n) is 5.19. The highest BCUT2D eigenvalue weighted by molar-refractivity contribution is 5.34. The third kappa shape index (κ3) is 1.37. The number of fused-ring (bicyclic) bond motifs is 1. The molecule has 0 radical (unpaired) electrons. The van der Waals surface area contributed by atoms with Crippen LogP contribution in [-0.2, 0) is 24.8 Å². The average molecular weight is 192 g/mol. The van der Waals surface area contributed by atoms with Crippen molar-refractivity contribution in [1.82, 2.24) is 9.78 Å². The van der Waals surface area contributed by atoms with E-state index >= 15 is 0 Å². The summed E-state index contributed by atoms with van der Waals surface area (Å²) in [4.78, 5) is 0. The predicted molar refractivity (Wildman–Crippen MR) is 58.6 cm³/mol. The molecule has 0 saturated heterocycles. The van der Waals surface area contributed by atoms with Crippen LogP contribution in [0.25, 0.3) is 0 Å². The Bertz CT molecular complexity index is 342. The van der Waals surface area contributed by atoms with Gasteiger partial charge in [-0.25, -0.2) is 0 Å². The Morgan fingerprint density at radius 3 is 2.57 bits per heavy atom. The molecule has 1 aliphatic carbocycles. The fraction of sp³-hybridized carbons (Fsp3) is 0.750. The van der Waals surface area contributed by atoms with E-state index in [1.165, 1.54) is 30.7 Å². The van der Waals surface area contributed by atoms with Crippen LogP contribution in [0.3, 0.4) is 0 Å². The van der Waals surface area contributed by atoms with Crippen molar-refractivity contribution in [2.45, 2.75) is 58.9 Å². The molecule has 0 aliphatic heterocycles. The molecule has 1 aliphatic rings. The predicted octanol–water partition coefficient (Wildman–Crippen LogP) is 2.69. The Hall–Kier alpha value is -0.790. The van der Waals surface area contributed by atoms with E-state index in [-0.39, 0.29) is 5.41 Å². The van der Waals surface area contributed by atoms with Crippen LogP contribution < -0.4 is 0 Å². The van der Waals surface area contributed by atoms with Gasteiger partial charge in [0.1, 0.15) is 0 Å². The van der Waals surface area contributed by atoms with Gasteiger partial charge < -0.3 is 0 Å². The summed E-state index contributed by atoms with van der Waals surface area (Å²) in [5.74, 6) is 0. The SMILES string of the molecule is CCn1nc2c(c1C(C)(C)C)CCC2. The van der Waals surface area contributed by atoms with Crippen LogP contribution in [0.15, 0.2) is 0 Å². The van der Waals surface area contributed by atoms with Gasteiger partial charge in [0.2, 0.25) is 0 Å². The van der Waals surface area contributed by atoms with E-state index in [0.717, 1.165) is 6.54 Å². The number of hydrogen-bond acceptors (Lipinski definition) is 1. The number of aromatic nitrogens is 2. The topological polar surface area (TPSA) is 17.8 Å². The molecule has 0 spiro atoms. The second-order valence-corrected chi connectivity index (χ2v) is 5.19. The van der Waals surface area contributed by atoms with Crippen molar-refractivity contribution in [2.75, 3.05) is 0 Å². The van der Waals surface area contributed by atoms with Crippen LogP contribution >= 0.6 is 0 Å². The first-order valence-electron chi connectivity index (χ1n) is 5.63. The van der Waals surface area contributed by atoms with Gasteiger partial charge in [0.15, 0.2) is 0 Å². The normalized spacial score (nSPS) is 16.0. The van der Waals surface area contributed by atoms with Crippen LogP contribution in [-0.4, -0.2) is 9.78 Å². The molecule has 1 heterocycles. The summed E-state index contributed by atoms with van der Waals surface area (Å²) in [5, 5.41) is 4.69. The van der Waals surface area contributed by atoms with Crippen LogP contribution in [0, 0.1) is 0 Å². The highest BCUT2D eigenvalue weighted by Crippen LogP contribution is 2.32. The van der Waals surface area contributed by atoms with Crippen molar-refractivity contribution >= 4 is 0 Å². The Morgan fingerprint density at radius 1 is 1.29 bits per heavy atom. The molecule has 2 heteroatoms. The average Bonchev–Trinajstić information content (AvgIpc) is 2.57. The molecule has 0 saturated carbocycles. The van der Waals surface area contributed by atoms with Crippen molar-refractivity contribution in [3.8, 4) is 0 Å². The van der Waals surface area contributed by atoms with Crippen LogP contribution in [0.5, 0.6) is 0 Å². The first-order valence-corrected chi connectivity index (χ1v) is 5.63. The first-order chi connectivity index (χ1) is 6.54. The molecule has 2 nitrogen and oxygen atoms in total. The summed E-state index contributed by atoms with van der Waals surface area (Å²) in [6, 6.07) is 0. The number of nitrogens with zero attached hydrogens (tertiary/aromatic N) is 2. The van der Waals surface area contributed by atoms with Gasteiger partial charge in [0, 0.05) is 17.7 Å². The Kier molecular flexibility index (Phi) is 2.17. The lowest BCUT2D eigenvalue weighted by Crippen LogP contribution is -2.19. The van der Waals surface area contributed by atoms with E-state index in [4.69, 9.17) is 5.10 Å². The lowest BCUT2D eigenvalue weighted by Gasteiger charge is -2.21. The minimum atomic E-state index is 0.237. The lowest BCUT2D eigenvalue weighted by molar-refractivity contribution is 0.489. The fourth-order valence-corrected chi connectivity index (χ4v) is 2.51. The molecular formula is C12H20N2. The Morgan fingerprint density at radius 2 is 2.00 bits per heavy atom. The van der Waals surface area contributed by atoms with Crippen molar-refractivity contribution < 1.29 is 0 Å². The van der Waals surface area contributed by atoms with E-state index in [1.807, 2.05) is 0 Å².